The first kappa shape index (κ1) is 18.0. The summed E-state index contributed by atoms with van der Waals surface area (Å²) in [7, 11) is 0. The maximum Gasteiger partial charge on any atom is 0.420 e. The maximum atomic E-state index is 12.7. The van der Waals surface area contributed by atoms with Gasteiger partial charge in [-0.3, -0.25) is 0 Å². The van der Waals surface area contributed by atoms with Crippen LogP contribution in [0.2, 0.25) is 0 Å². The zero-order valence-electron chi connectivity index (χ0n) is 11.3. The Bertz CT molecular complexity index is 611. The maximum absolute atomic E-state index is 12.7. The molecule has 1 aromatic carbocycles. The van der Waals surface area contributed by atoms with Crippen LogP contribution in [0.4, 0.5) is 26.3 Å². The highest BCUT2D eigenvalue weighted by Gasteiger charge is 2.50. The second-order valence-corrected chi connectivity index (χ2v) is 4.52. The summed E-state index contributed by atoms with van der Waals surface area (Å²) in [5.41, 5.74) is -5.21. The lowest BCUT2D eigenvalue weighted by Crippen LogP contribution is -2.42. The number of nitrogens with zero attached hydrogens (tertiary/aromatic N) is 1. The van der Waals surface area contributed by atoms with E-state index in [9.17, 15) is 31.4 Å². The van der Waals surface area contributed by atoms with Gasteiger partial charge in [0.15, 0.2) is 5.60 Å². The molecule has 0 spiro atoms. The molecule has 1 unspecified atom stereocenters. The van der Waals surface area contributed by atoms with Crippen molar-refractivity contribution in [2.75, 3.05) is 0 Å². The average molecular weight is 323 g/mol. The van der Waals surface area contributed by atoms with Crippen molar-refractivity contribution in [1.82, 2.24) is 0 Å². The number of benzene rings is 1. The summed E-state index contributed by atoms with van der Waals surface area (Å²) in [4.78, 5) is 0. The first-order valence-electron chi connectivity index (χ1n) is 6.04. The van der Waals surface area contributed by atoms with Crippen LogP contribution in [0.3, 0.4) is 0 Å². The van der Waals surface area contributed by atoms with Gasteiger partial charge in [0.2, 0.25) is 0 Å². The monoisotopic (exact) mass is 323 g/mol. The normalized spacial score (nSPS) is 15.6. The molecule has 0 saturated carbocycles. The molecule has 1 N–H and O–H groups in total. The van der Waals surface area contributed by atoms with Gasteiger partial charge in [-0.15, -0.1) is 0 Å². The van der Waals surface area contributed by atoms with E-state index in [0.717, 1.165) is 25.1 Å². The zero-order valence-corrected chi connectivity index (χ0v) is 11.3. The third-order valence-corrected chi connectivity index (χ3v) is 3.05. The molecular formula is C14H11F6NO. The van der Waals surface area contributed by atoms with E-state index >= 15 is 0 Å². The average Bonchev–Trinajstić information content (AvgIpc) is 2.42. The lowest BCUT2D eigenvalue weighted by molar-refractivity contribution is -0.240. The van der Waals surface area contributed by atoms with E-state index in [0.29, 0.717) is 12.1 Å². The molecule has 1 rings (SSSR count). The van der Waals surface area contributed by atoms with Gasteiger partial charge in [-0.05, 0) is 30.2 Å². The van der Waals surface area contributed by atoms with Crippen LogP contribution in [0.1, 0.15) is 30.0 Å². The van der Waals surface area contributed by atoms with E-state index in [4.69, 9.17) is 5.26 Å². The Hall–Kier alpha value is -2.01. The predicted octanol–water partition coefficient (Wildman–Crippen LogP) is 4.29. The van der Waals surface area contributed by atoms with Crippen LogP contribution in [-0.4, -0.2) is 16.9 Å². The fraction of sp³-hybridized carbons (Fsp3) is 0.357. The summed E-state index contributed by atoms with van der Waals surface area (Å²) in [5.74, 6) is 0. The van der Waals surface area contributed by atoms with Gasteiger partial charge in [0.25, 0.3) is 0 Å². The number of halogens is 6. The highest BCUT2D eigenvalue weighted by molar-refractivity contribution is 5.55. The molecule has 2 nitrogen and oxygen atoms in total. The van der Waals surface area contributed by atoms with Crippen LogP contribution < -0.4 is 0 Å². The molecule has 0 heterocycles. The van der Waals surface area contributed by atoms with Crippen LogP contribution in [0.5, 0.6) is 0 Å². The minimum atomic E-state index is -4.95. The Morgan fingerprint density at radius 2 is 1.77 bits per heavy atom. The van der Waals surface area contributed by atoms with E-state index in [-0.39, 0.29) is 5.56 Å². The summed E-state index contributed by atoms with van der Waals surface area (Å²) in [6, 6.07) is 3.85. The Morgan fingerprint density at radius 3 is 2.18 bits per heavy atom. The molecule has 0 saturated heterocycles. The molecule has 0 amide bonds. The quantitative estimate of drug-likeness (QED) is 0.843. The largest absolute Gasteiger partial charge is 0.420 e. The van der Waals surface area contributed by atoms with Gasteiger partial charge in [0, 0.05) is 0 Å². The highest BCUT2D eigenvalue weighted by Crippen LogP contribution is 2.36. The standard InChI is InChI=1S/C14H11F6NO/c1-2-12(22,14(18,19)20)6-5-9-3-4-10(8-21)11(7-9)13(15,16)17/h3-7,22H,2H2,1H3. The lowest BCUT2D eigenvalue weighted by atomic mass is 9.97. The molecule has 0 bridgehead atoms. The van der Waals surface area contributed by atoms with Gasteiger partial charge in [-0.25, -0.2) is 0 Å². The molecule has 1 atom stereocenters. The topological polar surface area (TPSA) is 44.0 Å². The number of alkyl halides is 6. The smallest absolute Gasteiger partial charge is 0.377 e. The van der Waals surface area contributed by atoms with Crippen LogP contribution in [0, 0.1) is 11.3 Å². The second-order valence-electron chi connectivity index (χ2n) is 4.52. The van der Waals surface area contributed by atoms with Crippen LogP contribution in [0.25, 0.3) is 6.08 Å². The van der Waals surface area contributed by atoms with E-state index in [2.05, 4.69) is 0 Å². The van der Waals surface area contributed by atoms with Crippen LogP contribution in [0.15, 0.2) is 24.3 Å². The van der Waals surface area contributed by atoms with Gasteiger partial charge < -0.3 is 5.11 Å². The fourth-order valence-corrected chi connectivity index (χ4v) is 1.64. The van der Waals surface area contributed by atoms with Gasteiger partial charge in [-0.2, -0.15) is 31.6 Å². The van der Waals surface area contributed by atoms with Crippen molar-refractivity contribution in [3.8, 4) is 6.07 Å². The summed E-state index contributed by atoms with van der Waals surface area (Å²) in [6.45, 7) is 1.09. The van der Waals surface area contributed by atoms with Crippen molar-refractivity contribution in [2.24, 2.45) is 0 Å². The minimum absolute atomic E-state index is 0.206. The van der Waals surface area contributed by atoms with Crippen molar-refractivity contribution < 1.29 is 31.4 Å². The van der Waals surface area contributed by atoms with E-state index in [1.807, 2.05) is 0 Å². The van der Waals surface area contributed by atoms with Crippen molar-refractivity contribution in [3.05, 3.63) is 41.0 Å². The Kier molecular flexibility index (Phi) is 4.92. The lowest BCUT2D eigenvalue weighted by Gasteiger charge is -2.25. The fourth-order valence-electron chi connectivity index (χ4n) is 1.64. The van der Waals surface area contributed by atoms with Crippen molar-refractivity contribution in [2.45, 2.75) is 31.3 Å². The second kappa shape index (κ2) is 6.01. The van der Waals surface area contributed by atoms with Gasteiger partial charge in [0.1, 0.15) is 0 Å². The molecule has 0 aliphatic carbocycles. The summed E-state index contributed by atoms with van der Waals surface area (Å²) >= 11 is 0. The predicted molar refractivity (Wildman–Crippen MR) is 66.5 cm³/mol. The SMILES string of the molecule is CCC(O)(C=Cc1ccc(C#N)c(C(F)(F)F)c1)C(F)(F)F. The number of rotatable bonds is 3. The molecule has 0 fully saturated rings. The molecule has 1 aromatic rings. The molecule has 0 radical (unpaired) electrons. The first-order chi connectivity index (χ1) is 9.94. The number of nitriles is 1. The Morgan fingerprint density at radius 1 is 1.18 bits per heavy atom. The van der Waals surface area contributed by atoms with E-state index in [1.54, 1.807) is 0 Å². The third kappa shape index (κ3) is 3.80. The van der Waals surface area contributed by atoms with Crippen molar-refractivity contribution >= 4 is 6.08 Å². The molecular weight excluding hydrogens is 312 g/mol. The Labute approximate surface area is 122 Å². The highest BCUT2D eigenvalue weighted by atomic mass is 19.4. The van der Waals surface area contributed by atoms with Crippen molar-refractivity contribution in [3.63, 3.8) is 0 Å². The molecule has 0 aliphatic rings. The van der Waals surface area contributed by atoms with Crippen LogP contribution in [-0.2, 0) is 6.18 Å². The Balaban J connectivity index is 3.26. The molecule has 0 aromatic heterocycles. The molecule has 22 heavy (non-hydrogen) atoms. The van der Waals surface area contributed by atoms with Gasteiger partial charge >= 0.3 is 12.4 Å². The number of hydrogen-bond donors (Lipinski definition) is 1. The zero-order chi connectivity index (χ0) is 17.2. The first-order valence-corrected chi connectivity index (χ1v) is 6.04. The van der Waals surface area contributed by atoms with Gasteiger partial charge in [0.05, 0.1) is 17.2 Å². The number of hydrogen-bond acceptors (Lipinski definition) is 2. The number of aliphatic hydroxyl groups is 1. The van der Waals surface area contributed by atoms with Crippen molar-refractivity contribution in [1.29, 1.82) is 5.26 Å². The van der Waals surface area contributed by atoms with E-state index in [1.165, 1.54) is 6.07 Å². The van der Waals surface area contributed by atoms with Crippen LogP contribution >= 0.6 is 0 Å². The minimum Gasteiger partial charge on any atom is -0.377 e. The summed E-state index contributed by atoms with van der Waals surface area (Å²) in [6.07, 6.45) is -9.30. The third-order valence-electron chi connectivity index (χ3n) is 3.05. The summed E-state index contributed by atoms with van der Waals surface area (Å²) < 4.78 is 76.2. The van der Waals surface area contributed by atoms with Gasteiger partial charge in [-0.1, -0.05) is 19.1 Å². The van der Waals surface area contributed by atoms with E-state index < -0.39 is 35.5 Å². The summed E-state index contributed by atoms with van der Waals surface area (Å²) in [5, 5.41) is 18.1. The molecule has 0 aliphatic heterocycles. The molecule has 8 heteroatoms. The molecule has 120 valence electrons.